The molecule has 6 nitrogen and oxygen atoms in total. The molecule has 1 aromatic carbocycles. The average molecular weight is 381 g/mol. The summed E-state index contributed by atoms with van der Waals surface area (Å²) >= 11 is 0. The van der Waals surface area contributed by atoms with Crippen molar-refractivity contribution in [2.24, 2.45) is 4.99 Å². The van der Waals surface area contributed by atoms with Gasteiger partial charge in [-0.3, -0.25) is 4.99 Å². The Balaban J connectivity index is 1.91. The highest BCUT2D eigenvalue weighted by Gasteiger charge is 2.34. The number of nitrogens with one attached hydrogen (secondary N) is 2. The minimum Gasteiger partial charge on any atom is -0.489 e. The van der Waals surface area contributed by atoms with Crippen LogP contribution in [-0.4, -0.2) is 69.4 Å². The number of nitrogens with zero attached hydrogens (tertiary/aromatic N) is 2. The second-order valence-corrected chi connectivity index (χ2v) is 7.19. The third kappa shape index (κ3) is 6.66. The fraction of sp³-hybridized carbons (Fsp3) is 0.650. The smallest absolute Gasteiger partial charge is 0.191 e. The van der Waals surface area contributed by atoms with Gasteiger partial charge in [-0.2, -0.15) is 0 Å². The van der Waals surface area contributed by atoms with Crippen molar-refractivity contribution in [2.75, 3.05) is 46.9 Å². The lowest BCUT2D eigenvalue weighted by Crippen LogP contribution is -2.52. The Labute approximate surface area is 162 Å². The fourth-order valence-corrected chi connectivity index (χ4v) is 3.09. The van der Waals surface area contributed by atoms with Gasteiger partial charge >= 0.3 is 0 Å². The van der Waals surface area contributed by atoms with E-state index in [2.05, 4.69) is 29.6 Å². The predicted molar refractivity (Wildman–Crippen MR) is 107 cm³/mol. The van der Waals surface area contributed by atoms with Crippen LogP contribution in [0.2, 0.25) is 0 Å². The maximum absolute atomic E-state index is 13.0. The lowest BCUT2D eigenvalue weighted by Gasteiger charge is -2.41. The molecule has 1 saturated heterocycles. The second kappa shape index (κ2) is 10.5. The molecule has 2 rings (SSSR count). The number of hydrogen-bond donors (Lipinski definition) is 2. The zero-order valence-corrected chi connectivity index (χ0v) is 16.9. The average Bonchev–Trinajstić information content (AvgIpc) is 2.66. The Hall–Kier alpha value is -1.86. The Bertz CT molecular complexity index is 586. The maximum Gasteiger partial charge on any atom is 0.191 e. The van der Waals surface area contributed by atoms with E-state index in [9.17, 15) is 4.39 Å². The second-order valence-electron chi connectivity index (χ2n) is 7.19. The van der Waals surface area contributed by atoms with E-state index in [-0.39, 0.29) is 17.5 Å². The molecule has 0 radical (unpaired) electrons. The third-order valence-corrected chi connectivity index (χ3v) is 4.96. The van der Waals surface area contributed by atoms with Crippen molar-refractivity contribution in [1.29, 1.82) is 0 Å². The summed E-state index contributed by atoms with van der Waals surface area (Å²) in [7, 11) is 4.22. The molecule has 0 saturated carbocycles. The topological polar surface area (TPSA) is 58.1 Å². The summed E-state index contributed by atoms with van der Waals surface area (Å²) in [5, 5.41) is 6.63. The van der Waals surface area contributed by atoms with Crippen molar-refractivity contribution in [1.82, 2.24) is 15.5 Å². The van der Waals surface area contributed by atoms with Gasteiger partial charge in [0.05, 0.1) is 13.1 Å². The Morgan fingerprint density at radius 3 is 2.52 bits per heavy atom. The molecule has 0 amide bonds. The van der Waals surface area contributed by atoms with Crippen molar-refractivity contribution in [3.8, 4) is 5.75 Å². The first-order valence-corrected chi connectivity index (χ1v) is 9.65. The molecule has 0 aliphatic carbocycles. The number of ether oxygens (including phenoxy) is 2. The molecule has 1 aliphatic rings. The van der Waals surface area contributed by atoms with Crippen molar-refractivity contribution in [3.05, 3.63) is 30.1 Å². The van der Waals surface area contributed by atoms with Crippen LogP contribution < -0.4 is 15.4 Å². The van der Waals surface area contributed by atoms with Gasteiger partial charge in [-0.25, -0.2) is 4.39 Å². The van der Waals surface area contributed by atoms with Crippen LogP contribution in [0.5, 0.6) is 5.75 Å². The van der Waals surface area contributed by atoms with E-state index in [1.54, 1.807) is 12.1 Å². The quantitative estimate of drug-likeness (QED) is 0.535. The molecule has 27 heavy (non-hydrogen) atoms. The Morgan fingerprint density at radius 1 is 1.26 bits per heavy atom. The van der Waals surface area contributed by atoms with Gasteiger partial charge in [0.15, 0.2) is 5.96 Å². The van der Waals surface area contributed by atoms with Crippen molar-refractivity contribution in [3.63, 3.8) is 0 Å². The molecule has 0 spiro atoms. The SMILES string of the molecule is CCNC(=NCC1(N(C)C)CCOCC1)NCC(C)Oc1ccc(F)cc1. The summed E-state index contributed by atoms with van der Waals surface area (Å²) in [6, 6.07) is 6.07. The van der Waals surface area contributed by atoms with Gasteiger partial charge < -0.3 is 25.0 Å². The van der Waals surface area contributed by atoms with Crippen molar-refractivity contribution < 1.29 is 13.9 Å². The number of guanidine groups is 1. The van der Waals surface area contributed by atoms with Gasteiger partial charge in [0, 0.05) is 25.3 Å². The standard InChI is InChI=1S/C20H33FN4O2/c1-5-22-19(24-15-20(25(3)4)10-12-26-13-11-20)23-14-16(2)27-18-8-6-17(21)7-9-18/h6-9,16H,5,10-15H2,1-4H3,(H2,22,23,24). The molecular weight excluding hydrogens is 347 g/mol. The molecule has 1 aromatic rings. The number of halogens is 1. The van der Waals surface area contributed by atoms with E-state index in [4.69, 9.17) is 14.5 Å². The molecule has 1 heterocycles. The molecule has 0 aromatic heterocycles. The zero-order chi connectivity index (χ0) is 19.7. The lowest BCUT2D eigenvalue weighted by atomic mass is 9.89. The highest BCUT2D eigenvalue weighted by atomic mass is 19.1. The molecule has 1 aliphatic heterocycles. The number of aliphatic imine (C=N–C) groups is 1. The highest BCUT2D eigenvalue weighted by molar-refractivity contribution is 5.79. The molecular formula is C20H33FN4O2. The van der Waals surface area contributed by atoms with Crippen LogP contribution in [0.25, 0.3) is 0 Å². The van der Waals surface area contributed by atoms with E-state index in [1.165, 1.54) is 12.1 Å². The maximum atomic E-state index is 13.0. The van der Waals surface area contributed by atoms with Gasteiger partial charge in [-0.1, -0.05) is 0 Å². The van der Waals surface area contributed by atoms with Crippen LogP contribution in [0.1, 0.15) is 26.7 Å². The number of hydrogen-bond acceptors (Lipinski definition) is 4. The molecule has 152 valence electrons. The van der Waals surface area contributed by atoms with Crippen molar-refractivity contribution in [2.45, 2.75) is 38.3 Å². The summed E-state index contributed by atoms with van der Waals surface area (Å²) in [5.74, 6) is 1.17. The minimum absolute atomic E-state index is 0.0385. The lowest BCUT2D eigenvalue weighted by molar-refractivity contribution is -0.00255. The first-order chi connectivity index (χ1) is 12.9. The molecule has 1 fully saturated rings. The van der Waals surface area contributed by atoms with E-state index in [0.717, 1.165) is 38.6 Å². The third-order valence-electron chi connectivity index (χ3n) is 4.96. The van der Waals surface area contributed by atoms with Crippen LogP contribution >= 0.6 is 0 Å². The van der Waals surface area contributed by atoms with E-state index < -0.39 is 0 Å². The van der Waals surface area contributed by atoms with Crippen LogP contribution in [-0.2, 0) is 4.74 Å². The largest absolute Gasteiger partial charge is 0.489 e. The zero-order valence-electron chi connectivity index (χ0n) is 16.9. The summed E-state index contributed by atoms with van der Waals surface area (Å²) < 4.78 is 24.3. The van der Waals surface area contributed by atoms with E-state index in [1.807, 2.05) is 13.8 Å². The van der Waals surface area contributed by atoms with Gasteiger partial charge in [0.25, 0.3) is 0 Å². The number of benzene rings is 1. The highest BCUT2D eigenvalue weighted by Crippen LogP contribution is 2.26. The van der Waals surface area contributed by atoms with Crippen LogP contribution in [0.3, 0.4) is 0 Å². The van der Waals surface area contributed by atoms with E-state index in [0.29, 0.717) is 18.8 Å². The van der Waals surface area contributed by atoms with Gasteiger partial charge in [-0.15, -0.1) is 0 Å². The fourth-order valence-electron chi connectivity index (χ4n) is 3.09. The number of likely N-dealkylation sites (N-methyl/N-ethyl adjacent to an activating group) is 1. The summed E-state index contributed by atoms with van der Waals surface area (Å²) in [5.41, 5.74) is 0.0385. The summed E-state index contributed by atoms with van der Waals surface area (Å²) in [4.78, 5) is 7.08. The minimum atomic E-state index is -0.266. The van der Waals surface area contributed by atoms with Crippen LogP contribution in [0.4, 0.5) is 4.39 Å². The molecule has 0 bridgehead atoms. The van der Waals surface area contributed by atoms with Crippen LogP contribution in [0.15, 0.2) is 29.3 Å². The molecule has 1 atom stereocenters. The first-order valence-electron chi connectivity index (χ1n) is 9.65. The number of rotatable bonds is 8. The van der Waals surface area contributed by atoms with Crippen LogP contribution in [0, 0.1) is 5.82 Å². The molecule has 1 unspecified atom stereocenters. The summed E-state index contributed by atoms with van der Waals surface area (Å²) in [6.45, 7) is 7.68. The van der Waals surface area contributed by atoms with Crippen molar-refractivity contribution >= 4 is 5.96 Å². The monoisotopic (exact) mass is 380 g/mol. The van der Waals surface area contributed by atoms with E-state index >= 15 is 0 Å². The van der Waals surface area contributed by atoms with Gasteiger partial charge in [0.1, 0.15) is 17.7 Å². The normalized spacial score (nSPS) is 18.2. The Morgan fingerprint density at radius 2 is 1.93 bits per heavy atom. The first kappa shape index (κ1) is 21.4. The van der Waals surface area contributed by atoms with Gasteiger partial charge in [0.2, 0.25) is 0 Å². The van der Waals surface area contributed by atoms with Gasteiger partial charge in [-0.05, 0) is 65.0 Å². The Kier molecular flexibility index (Phi) is 8.31. The molecule has 7 heteroatoms. The summed E-state index contributed by atoms with van der Waals surface area (Å²) in [6.07, 6.45) is 1.88. The predicted octanol–water partition coefficient (Wildman–Crippen LogP) is 2.26. The molecule has 2 N–H and O–H groups in total.